The lowest BCUT2D eigenvalue weighted by molar-refractivity contribution is -0.157. The zero-order valence-electron chi connectivity index (χ0n) is 9.44. The van der Waals surface area contributed by atoms with Crippen LogP contribution in [0.25, 0.3) is 0 Å². The second-order valence-corrected chi connectivity index (χ2v) is 3.43. The summed E-state index contributed by atoms with van der Waals surface area (Å²) in [6.45, 7) is 1.69. The Balaban J connectivity index is 3.07. The maximum atomic E-state index is 13.3. The smallest absolute Gasteiger partial charge is 0.407 e. The second kappa shape index (κ2) is 5.35. The van der Waals surface area contributed by atoms with Crippen LogP contribution in [0.4, 0.5) is 17.6 Å². The minimum Gasteiger partial charge on any atom is -0.494 e. The van der Waals surface area contributed by atoms with Crippen molar-refractivity contribution in [2.24, 2.45) is 0 Å². The van der Waals surface area contributed by atoms with E-state index in [4.69, 9.17) is 0 Å². The van der Waals surface area contributed by atoms with E-state index >= 15 is 0 Å². The zero-order chi connectivity index (χ0) is 13.1. The number of methoxy groups -OCH3 is 1. The Morgan fingerprint density at radius 1 is 1.35 bits per heavy atom. The van der Waals surface area contributed by atoms with E-state index in [0.29, 0.717) is 0 Å². The fourth-order valence-corrected chi connectivity index (χ4v) is 1.49. The largest absolute Gasteiger partial charge is 0.494 e. The molecule has 0 bridgehead atoms. The van der Waals surface area contributed by atoms with Crippen LogP contribution in [0.3, 0.4) is 0 Å². The van der Waals surface area contributed by atoms with E-state index in [9.17, 15) is 17.6 Å². The Morgan fingerprint density at radius 2 is 2.00 bits per heavy atom. The van der Waals surface area contributed by atoms with Crippen molar-refractivity contribution in [2.45, 2.75) is 19.1 Å². The van der Waals surface area contributed by atoms with Gasteiger partial charge in [-0.05, 0) is 24.2 Å². The van der Waals surface area contributed by atoms with Crippen LogP contribution >= 0.6 is 0 Å². The van der Waals surface area contributed by atoms with Crippen molar-refractivity contribution in [3.63, 3.8) is 0 Å². The highest BCUT2D eigenvalue weighted by Gasteiger charge is 2.40. The molecule has 0 aliphatic carbocycles. The summed E-state index contributed by atoms with van der Waals surface area (Å²) in [5.74, 6) is -0.886. The number of hydrogen-bond donors (Lipinski definition) is 1. The quantitative estimate of drug-likeness (QED) is 0.830. The van der Waals surface area contributed by atoms with Gasteiger partial charge >= 0.3 is 6.18 Å². The van der Waals surface area contributed by atoms with Crippen LogP contribution in [0.5, 0.6) is 5.75 Å². The predicted octanol–water partition coefficient (Wildman–Crippen LogP) is 3.05. The molecule has 0 aliphatic heterocycles. The van der Waals surface area contributed by atoms with E-state index in [-0.39, 0.29) is 17.9 Å². The summed E-state index contributed by atoms with van der Waals surface area (Å²) in [5, 5.41) is 2.27. The molecule has 1 rings (SSSR count). The standard InChI is InChI=1S/C11H13F4NO/c1-3-16-10(11(13,14)15)7-4-5-9(17-2)8(12)6-7/h4-6,10,16H,3H2,1-2H3. The lowest BCUT2D eigenvalue weighted by Crippen LogP contribution is -2.34. The summed E-state index contributed by atoms with van der Waals surface area (Å²) < 4.78 is 56.0. The van der Waals surface area contributed by atoms with Gasteiger partial charge in [0.25, 0.3) is 0 Å². The molecule has 0 amide bonds. The molecule has 1 N–H and O–H groups in total. The zero-order valence-corrected chi connectivity index (χ0v) is 9.44. The molecular formula is C11H13F4NO. The Labute approximate surface area is 96.6 Å². The van der Waals surface area contributed by atoms with Crippen molar-refractivity contribution in [2.75, 3.05) is 13.7 Å². The number of hydrogen-bond acceptors (Lipinski definition) is 2. The SMILES string of the molecule is CCNC(c1ccc(OC)c(F)c1)C(F)(F)F. The highest BCUT2D eigenvalue weighted by Crippen LogP contribution is 2.34. The number of benzene rings is 1. The van der Waals surface area contributed by atoms with E-state index in [1.54, 1.807) is 6.92 Å². The number of halogens is 4. The molecule has 0 heterocycles. The lowest BCUT2D eigenvalue weighted by Gasteiger charge is -2.21. The van der Waals surface area contributed by atoms with Gasteiger partial charge in [-0.2, -0.15) is 13.2 Å². The number of nitrogens with one attached hydrogen (secondary N) is 1. The second-order valence-electron chi connectivity index (χ2n) is 3.43. The van der Waals surface area contributed by atoms with Crippen molar-refractivity contribution in [3.8, 4) is 5.75 Å². The van der Waals surface area contributed by atoms with Gasteiger partial charge < -0.3 is 10.1 Å². The van der Waals surface area contributed by atoms with Crippen LogP contribution in [0.15, 0.2) is 18.2 Å². The molecule has 1 aromatic rings. The van der Waals surface area contributed by atoms with Crippen LogP contribution < -0.4 is 10.1 Å². The summed E-state index contributed by atoms with van der Waals surface area (Å²) >= 11 is 0. The maximum Gasteiger partial charge on any atom is 0.407 e. The molecule has 96 valence electrons. The first-order chi connectivity index (χ1) is 7.90. The van der Waals surface area contributed by atoms with Gasteiger partial charge in [0.15, 0.2) is 11.6 Å². The van der Waals surface area contributed by atoms with Gasteiger partial charge in [-0.25, -0.2) is 4.39 Å². The number of rotatable bonds is 4. The number of alkyl halides is 3. The van der Waals surface area contributed by atoms with Gasteiger partial charge in [0, 0.05) is 0 Å². The first-order valence-corrected chi connectivity index (χ1v) is 5.03. The molecule has 1 aromatic carbocycles. The van der Waals surface area contributed by atoms with E-state index in [1.807, 2.05) is 0 Å². The highest BCUT2D eigenvalue weighted by atomic mass is 19.4. The molecule has 0 aliphatic rings. The van der Waals surface area contributed by atoms with E-state index in [2.05, 4.69) is 10.1 Å². The van der Waals surface area contributed by atoms with Gasteiger partial charge in [-0.15, -0.1) is 0 Å². The van der Waals surface area contributed by atoms with Crippen LogP contribution in [-0.2, 0) is 0 Å². The third-order valence-electron chi connectivity index (χ3n) is 2.24. The molecule has 0 fully saturated rings. The molecule has 6 heteroatoms. The molecule has 17 heavy (non-hydrogen) atoms. The van der Waals surface area contributed by atoms with Crippen LogP contribution in [0, 0.1) is 5.82 Å². The summed E-state index contributed by atoms with van der Waals surface area (Å²) in [4.78, 5) is 0. The molecule has 1 atom stereocenters. The van der Waals surface area contributed by atoms with Crippen molar-refractivity contribution in [3.05, 3.63) is 29.6 Å². The van der Waals surface area contributed by atoms with Gasteiger partial charge in [-0.1, -0.05) is 13.0 Å². The maximum absolute atomic E-state index is 13.3. The Morgan fingerprint density at radius 3 is 2.41 bits per heavy atom. The third kappa shape index (κ3) is 3.33. The average Bonchev–Trinajstić information content (AvgIpc) is 2.24. The Hall–Kier alpha value is -1.30. The summed E-state index contributed by atoms with van der Waals surface area (Å²) in [5.41, 5.74) is -0.169. The van der Waals surface area contributed by atoms with E-state index in [1.165, 1.54) is 19.2 Å². The minimum absolute atomic E-state index is 0.0776. The molecule has 0 saturated heterocycles. The fraction of sp³-hybridized carbons (Fsp3) is 0.455. The highest BCUT2D eigenvalue weighted by molar-refractivity contribution is 5.31. The molecule has 0 radical (unpaired) electrons. The Bertz CT molecular complexity index is 378. The molecule has 0 saturated carbocycles. The topological polar surface area (TPSA) is 21.3 Å². The van der Waals surface area contributed by atoms with E-state index < -0.39 is 18.0 Å². The molecule has 1 unspecified atom stereocenters. The predicted molar refractivity (Wildman–Crippen MR) is 55.4 cm³/mol. The molecule has 0 spiro atoms. The van der Waals surface area contributed by atoms with Crippen LogP contribution in [-0.4, -0.2) is 19.8 Å². The first kappa shape index (κ1) is 13.8. The number of ether oxygens (including phenoxy) is 1. The van der Waals surface area contributed by atoms with Crippen molar-refractivity contribution in [1.82, 2.24) is 5.32 Å². The van der Waals surface area contributed by atoms with Gasteiger partial charge in [0.05, 0.1) is 7.11 Å². The summed E-state index contributed by atoms with van der Waals surface area (Å²) in [7, 11) is 1.25. The monoisotopic (exact) mass is 251 g/mol. The van der Waals surface area contributed by atoms with Gasteiger partial charge in [-0.3, -0.25) is 0 Å². The molecular weight excluding hydrogens is 238 g/mol. The molecule has 0 aromatic heterocycles. The average molecular weight is 251 g/mol. The normalized spacial score (nSPS) is 13.5. The third-order valence-corrected chi connectivity index (χ3v) is 2.24. The van der Waals surface area contributed by atoms with Crippen LogP contribution in [0.1, 0.15) is 18.5 Å². The molecule has 2 nitrogen and oxygen atoms in total. The van der Waals surface area contributed by atoms with Gasteiger partial charge in [0.2, 0.25) is 0 Å². The van der Waals surface area contributed by atoms with Crippen LogP contribution in [0.2, 0.25) is 0 Å². The van der Waals surface area contributed by atoms with E-state index in [0.717, 1.165) is 6.07 Å². The first-order valence-electron chi connectivity index (χ1n) is 5.03. The summed E-state index contributed by atoms with van der Waals surface area (Å²) in [6.07, 6.45) is -4.46. The van der Waals surface area contributed by atoms with Gasteiger partial charge in [0.1, 0.15) is 6.04 Å². The fourth-order valence-electron chi connectivity index (χ4n) is 1.49. The van der Waals surface area contributed by atoms with Crippen molar-refractivity contribution < 1.29 is 22.3 Å². The summed E-state index contributed by atoms with van der Waals surface area (Å²) in [6, 6.07) is 1.34. The Kier molecular flexibility index (Phi) is 4.34. The van der Waals surface area contributed by atoms with Crippen molar-refractivity contribution in [1.29, 1.82) is 0 Å². The minimum atomic E-state index is -4.46. The van der Waals surface area contributed by atoms with Crippen molar-refractivity contribution >= 4 is 0 Å². The lowest BCUT2D eigenvalue weighted by atomic mass is 10.1.